The highest BCUT2D eigenvalue weighted by atomic mass is 16.6. The molecule has 2 atom stereocenters. The molecule has 1 aliphatic rings. The highest BCUT2D eigenvalue weighted by molar-refractivity contribution is 6.01. The zero-order valence-corrected chi connectivity index (χ0v) is 12.2. The van der Waals surface area contributed by atoms with Gasteiger partial charge in [-0.05, 0) is 39.2 Å². The molecule has 21 heavy (non-hydrogen) atoms. The van der Waals surface area contributed by atoms with Crippen LogP contribution < -0.4 is 11.3 Å². The summed E-state index contributed by atoms with van der Waals surface area (Å²) < 4.78 is 0. The Kier molecular flexibility index (Phi) is 4.42. The van der Waals surface area contributed by atoms with Crippen molar-refractivity contribution in [2.75, 3.05) is 5.43 Å². The Hall–Kier alpha value is -2.15. The average molecular weight is 292 g/mol. The topological polar surface area (TPSA) is 102 Å². The van der Waals surface area contributed by atoms with E-state index in [-0.39, 0.29) is 34.9 Å². The number of nitrogens with zero attached hydrogens (tertiary/aromatic N) is 2. The van der Waals surface area contributed by atoms with Gasteiger partial charge < -0.3 is 10.3 Å². The van der Waals surface area contributed by atoms with Crippen LogP contribution in [0, 0.1) is 10.1 Å². The van der Waals surface area contributed by atoms with Gasteiger partial charge in [-0.2, -0.15) is 0 Å². The van der Waals surface area contributed by atoms with Crippen molar-refractivity contribution in [3.8, 4) is 0 Å². The molecule has 0 aromatic heterocycles. The van der Waals surface area contributed by atoms with Crippen molar-refractivity contribution in [2.24, 2.45) is 5.84 Å². The van der Waals surface area contributed by atoms with Gasteiger partial charge in [0.2, 0.25) is 0 Å². The predicted octanol–water partition coefficient (Wildman–Crippen LogP) is 2.28. The minimum absolute atomic E-state index is 0.0671. The number of para-hydroxylation sites is 1. The van der Waals surface area contributed by atoms with Crippen molar-refractivity contribution in [2.45, 2.75) is 45.2 Å². The summed E-state index contributed by atoms with van der Waals surface area (Å²) in [6.07, 6.45) is 2.97. The second-order valence-electron chi connectivity index (χ2n) is 5.44. The van der Waals surface area contributed by atoms with E-state index in [2.05, 4.69) is 5.43 Å². The molecule has 1 heterocycles. The minimum atomic E-state index is -0.547. The zero-order chi connectivity index (χ0) is 15.6. The average Bonchev–Trinajstić information content (AvgIpc) is 2.45. The number of nitro groups is 1. The molecule has 0 bridgehead atoms. The summed E-state index contributed by atoms with van der Waals surface area (Å²) >= 11 is 0. The molecule has 1 amide bonds. The van der Waals surface area contributed by atoms with E-state index in [1.165, 1.54) is 12.1 Å². The van der Waals surface area contributed by atoms with Crippen LogP contribution in [0.2, 0.25) is 0 Å². The second kappa shape index (κ2) is 6.09. The summed E-state index contributed by atoms with van der Waals surface area (Å²) in [5.41, 5.74) is 2.42. The minimum Gasteiger partial charge on any atom is -0.333 e. The summed E-state index contributed by atoms with van der Waals surface area (Å²) in [7, 11) is 0. The summed E-state index contributed by atoms with van der Waals surface area (Å²) in [5.74, 6) is 5.18. The lowest BCUT2D eigenvalue weighted by Gasteiger charge is -2.39. The van der Waals surface area contributed by atoms with E-state index in [0.29, 0.717) is 0 Å². The van der Waals surface area contributed by atoms with E-state index >= 15 is 0 Å². The van der Waals surface area contributed by atoms with Crippen LogP contribution in [-0.4, -0.2) is 27.8 Å². The van der Waals surface area contributed by atoms with Crippen LogP contribution in [0.5, 0.6) is 0 Å². The number of carbonyl (C=O) groups is 1. The highest BCUT2D eigenvalue weighted by Gasteiger charge is 2.32. The molecular weight excluding hydrogens is 272 g/mol. The van der Waals surface area contributed by atoms with Crippen molar-refractivity contribution in [3.05, 3.63) is 33.9 Å². The van der Waals surface area contributed by atoms with E-state index in [9.17, 15) is 14.9 Å². The second-order valence-corrected chi connectivity index (χ2v) is 5.44. The number of benzene rings is 1. The molecule has 0 saturated carbocycles. The fourth-order valence-electron chi connectivity index (χ4n) is 2.98. The molecule has 0 radical (unpaired) electrons. The van der Waals surface area contributed by atoms with Crippen molar-refractivity contribution in [3.63, 3.8) is 0 Å². The molecule has 7 heteroatoms. The third-order valence-electron chi connectivity index (χ3n) is 4.04. The Bertz CT molecular complexity index is 551. The predicted molar refractivity (Wildman–Crippen MR) is 79.9 cm³/mol. The molecule has 1 fully saturated rings. The number of anilines is 1. The molecule has 114 valence electrons. The number of nitro benzene ring substituents is 1. The Balaban J connectivity index is 2.43. The SMILES string of the molecule is CC1CCCC(C)N1C(=O)c1cccc([N+](=O)[O-])c1NN. The van der Waals surface area contributed by atoms with Crippen LogP contribution >= 0.6 is 0 Å². The van der Waals surface area contributed by atoms with Crippen LogP contribution in [0.4, 0.5) is 11.4 Å². The molecule has 0 aliphatic carbocycles. The van der Waals surface area contributed by atoms with Gasteiger partial charge in [0.05, 0.1) is 10.5 Å². The molecule has 1 aliphatic heterocycles. The summed E-state index contributed by atoms with van der Waals surface area (Å²) in [4.78, 5) is 25.1. The fourth-order valence-corrected chi connectivity index (χ4v) is 2.98. The number of rotatable bonds is 3. The molecule has 2 unspecified atom stereocenters. The van der Waals surface area contributed by atoms with E-state index in [4.69, 9.17) is 5.84 Å². The highest BCUT2D eigenvalue weighted by Crippen LogP contribution is 2.31. The largest absolute Gasteiger partial charge is 0.333 e. The standard InChI is InChI=1S/C14H20N4O3/c1-9-5-3-6-10(2)17(9)14(19)11-7-4-8-12(18(20)21)13(11)16-15/h4,7-10,16H,3,5-6,15H2,1-2H3. The Morgan fingerprint density at radius 1 is 1.38 bits per heavy atom. The lowest BCUT2D eigenvalue weighted by atomic mass is 9.96. The Morgan fingerprint density at radius 2 is 2.00 bits per heavy atom. The first-order chi connectivity index (χ1) is 9.97. The van der Waals surface area contributed by atoms with E-state index in [1.807, 2.05) is 13.8 Å². The van der Waals surface area contributed by atoms with Crippen molar-refractivity contribution < 1.29 is 9.72 Å². The number of nitrogens with two attached hydrogens (primary N) is 1. The zero-order valence-electron chi connectivity index (χ0n) is 12.2. The maximum Gasteiger partial charge on any atom is 0.294 e. The first-order valence-electron chi connectivity index (χ1n) is 7.04. The van der Waals surface area contributed by atoms with E-state index < -0.39 is 4.92 Å². The lowest BCUT2D eigenvalue weighted by Crippen LogP contribution is -2.47. The van der Waals surface area contributed by atoms with Crippen molar-refractivity contribution in [1.82, 2.24) is 4.90 Å². The van der Waals surface area contributed by atoms with E-state index in [1.54, 1.807) is 11.0 Å². The molecule has 0 spiro atoms. The van der Waals surface area contributed by atoms with E-state index in [0.717, 1.165) is 19.3 Å². The first kappa shape index (κ1) is 15.2. The van der Waals surface area contributed by atoms with Gasteiger partial charge in [0, 0.05) is 18.2 Å². The maximum atomic E-state index is 12.8. The van der Waals surface area contributed by atoms with Gasteiger partial charge in [-0.3, -0.25) is 20.8 Å². The molecule has 2 rings (SSSR count). The van der Waals surface area contributed by atoms with Crippen LogP contribution in [0.15, 0.2) is 18.2 Å². The normalized spacial score (nSPS) is 22.0. The Morgan fingerprint density at radius 3 is 2.52 bits per heavy atom. The first-order valence-corrected chi connectivity index (χ1v) is 7.04. The van der Waals surface area contributed by atoms with Crippen LogP contribution in [-0.2, 0) is 0 Å². The van der Waals surface area contributed by atoms with Gasteiger partial charge in [0.15, 0.2) is 0 Å². The lowest BCUT2D eigenvalue weighted by molar-refractivity contribution is -0.384. The number of likely N-dealkylation sites (tertiary alicyclic amines) is 1. The third-order valence-corrected chi connectivity index (χ3v) is 4.04. The molecular formula is C14H20N4O3. The number of amides is 1. The number of nitrogens with one attached hydrogen (secondary N) is 1. The molecule has 3 N–H and O–H groups in total. The van der Waals surface area contributed by atoms with Gasteiger partial charge >= 0.3 is 0 Å². The number of hydrogen-bond acceptors (Lipinski definition) is 5. The number of piperidine rings is 1. The number of carbonyl (C=O) groups excluding carboxylic acids is 1. The number of nitrogen functional groups attached to an aromatic ring is 1. The quantitative estimate of drug-likeness (QED) is 0.505. The molecule has 1 aromatic carbocycles. The summed E-state index contributed by atoms with van der Waals surface area (Å²) in [5, 5.41) is 11.0. The molecule has 1 saturated heterocycles. The number of hydrazine groups is 1. The number of hydrogen-bond donors (Lipinski definition) is 2. The van der Waals surface area contributed by atoms with Crippen LogP contribution in [0.3, 0.4) is 0 Å². The van der Waals surface area contributed by atoms with Gasteiger partial charge in [-0.1, -0.05) is 6.07 Å². The van der Waals surface area contributed by atoms with Crippen molar-refractivity contribution >= 4 is 17.3 Å². The van der Waals surface area contributed by atoms with Gasteiger partial charge in [0.25, 0.3) is 11.6 Å². The van der Waals surface area contributed by atoms with Crippen LogP contribution in [0.25, 0.3) is 0 Å². The van der Waals surface area contributed by atoms with Gasteiger partial charge in [-0.15, -0.1) is 0 Å². The molecule has 7 nitrogen and oxygen atoms in total. The van der Waals surface area contributed by atoms with Crippen molar-refractivity contribution in [1.29, 1.82) is 0 Å². The smallest absolute Gasteiger partial charge is 0.294 e. The monoisotopic (exact) mass is 292 g/mol. The van der Waals surface area contributed by atoms with Crippen LogP contribution in [0.1, 0.15) is 43.5 Å². The third kappa shape index (κ3) is 2.82. The summed E-state index contributed by atoms with van der Waals surface area (Å²) in [6, 6.07) is 4.64. The fraction of sp³-hybridized carbons (Fsp3) is 0.500. The Labute approximate surface area is 123 Å². The summed E-state index contributed by atoms with van der Waals surface area (Å²) in [6.45, 7) is 4.00. The maximum absolute atomic E-state index is 12.8. The van der Waals surface area contributed by atoms with Gasteiger partial charge in [-0.25, -0.2) is 0 Å². The van der Waals surface area contributed by atoms with Gasteiger partial charge in [0.1, 0.15) is 5.69 Å². The molecule has 1 aromatic rings.